The number of nitrogens with zero attached hydrogens (tertiary/aromatic N) is 3. The molecule has 0 fully saturated rings. The lowest BCUT2D eigenvalue weighted by Gasteiger charge is -2.23. The predicted octanol–water partition coefficient (Wildman–Crippen LogP) is 5.81. The fourth-order valence-corrected chi connectivity index (χ4v) is 6.17. The number of rotatable bonds is 7. The van der Waals surface area contributed by atoms with Crippen molar-refractivity contribution >= 4 is 51.3 Å². The van der Waals surface area contributed by atoms with Crippen molar-refractivity contribution < 1.29 is 19.1 Å². The summed E-state index contributed by atoms with van der Waals surface area (Å²) < 4.78 is 14.5. The van der Waals surface area contributed by atoms with Gasteiger partial charge < -0.3 is 5.11 Å². The smallest absolute Gasteiger partial charge is 0.296 e. The van der Waals surface area contributed by atoms with Gasteiger partial charge in [-0.2, -0.15) is 0 Å². The summed E-state index contributed by atoms with van der Waals surface area (Å²) in [6, 6.07) is 18.1. The lowest BCUT2D eigenvalue weighted by molar-refractivity contribution is -0.117. The number of aliphatic hydroxyl groups is 1. The van der Waals surface area contributed by atoms with Crippen molar-refractivity contribution in [1.29, 1.82) is 0 Å². The molecule has 4 aromatic rings. The van der Waals surface area contributed by atoms with Gasteiger partial charge >= 0.3 is 0 Å². The van der Waals surface area contributed by atoms with Crippen LogP contribution in [0.25, 0.3) is 0 Å². The number of anilines is 1. The third-order valence-electron chi connectivity index (χ3n) is 5.22. The van der Waals surface area contributed by atoms with Crippen LogP contribution in [0, 0.1) is 5.82 Å². The Kier molecular flexibility index (Phi) is 6.27. The number of halogens is 1. The molecular weight excluding hydrogens is 493 g/mol. The summed E-state index contributed by atoms with van der Waals surface area (Å²) in [5.74, 6) is -1.66. The zero-order chi connectivity index (χ0) is 23.7. The number of hydrogen-bond acceptors (Lipinski definition) is 8. The van der Waals surface area contributed by atoms with Crippen LogP contribution in [0.5, 0.6) is 0 Å². The lowest BCUT2D eigenvalue weighted by Crippen LogP contribution is -2.30. The highest BCUT2D eigenvalue weighted by Crippen LogP contribution is 2.44. The Morgan fingerprint density at radius 2 is 1.82 bits per heavy atom. The molecule has 0 saturated carbocycles. The van der Waals surface area contributed by atoms with Crippen LogP contribution < -0.4 is 4.90 Å². The number of ketones is 1. The molecule has 1 N–H and O–H groups in total. The average molecular weight is 510 g/mol. The van der Waals surface area contributed by atoms with Gasteiger partial charge in [-0.15, -0.1) is 21.5 Å². The van der Waals surface area contributed by atoms with Gasteiger partial charge in [0.2, 0.25) is 10.9 Å². The van der Waals surface area contributed by atoms with Gasteiger partial charge in [-0.1, -0.05) is 77.7 Å². The summed E-state index contributed by atoms with van der Waals surface area (Å²) >= 11 is 3.69. The Hall–Kier alpha value is -3.34. The van der Waals surface area contributed by atoms with E-state index in [9.17, 15) is 19.1 Å². The largest absolute Gasteiger partial charge is 0.503 e. The van der Waals surface area contributed by atoms with Gasteiger partial charge in [0.25, 0.3) is 5.91 Å². The van der Waals surface area contributed by atoms with Crippen LogP contribution in [0.3, 0.4) is 0 Å². The van der Waals surface area contributed by atoms with Gasteiger partial charge in [0.15, 0.2) is 10.1 Å². The van der Waals surface area contributed by atoms with Crippen molar-refractivity contribution in [2.45, 2.75) is 16.1 Å². The average Bonchev–Trinajstić information content (AvgIpc) is 3.60. The Bertz CT molecular complexity index is 1390. The van der Waals surface area contributed by atoms with Crippen LogP contribution in [0.1, 0.15) is 26.8 Å². The summed E-state index contributed by atoms with van der Waals surface area (Å²) in [6.45, 7) is 0. The number of thiophene rings is 1. The first-order chi connectivity index (χ1) is 16.5. The molecule has 1 aliphatic rings. The van der Waals surface area contributed by atoms with E-state index in [1.165, 1.54) is 34.1 Å². The summed E-state index contributed by atoms with van der Waals surface area (Å²) in [6.07, 6.45) is 0. The third kappa shape index (κ3) is 4.15. The first kappa shape index (κ1) is 22.5. The Morgan fingerprint density at radius 1 is 1.06 bits per heavy atom. The summed E-state index contributed by atoms with van der Waals surface area (Å²) in [7, 11) is 0. The van der Waals surface area contributed by atoms with Crippen LogP contribution in [0.15, 0.2) is 87.8 Å². The van der Waals surface area contributed by atoms with E-state index >= 15 is 0 Å². The number of benzene rings is 2. The first-order valence-corrected chi connectivity index (χ1v) is 12.8. The molecule has 0 aliphatic carbocycles. The number of aromatic nitrogens is 2. The van der Waals surface area contributed by atoms with Gasteiger partial charge in [-0.3, -0.25) is 14.5 Å². The van der Waals surface area contributed by atoms with Crippen LogP contribution >= 0.6 is 34.4 Å². The molecule has 2 aromatic heterocycles. The second kappa shape index (κ2) is 9.49. The van der Waals surface area contributed by atoms with E-state index in [0.29, 0.717) is 26.1 Å². The highest BCUT2D eigenvalue weighted by Gasteiger charge is 2.46. The highest BCUT2D eigenvalue weighted by molar-refractivity contribution is 8.00. The molecule has 2 aromatic carbocycles. The molecule has 0 spiro atoms. The summed E-state index contributed by atoms with van der Waals surface area (Å²) in [5, 5.41) is 21.1. The topological polar surface area (TPSA) is 83.4 Å². The maximum Gasteiger partial charge on any atom is 0.296 e. The van der Waals surface area contributed by atoms with Crippen LogP contribution in [-0.2, 0) is 10.5 Å². The molecule has 1 amide bonds. The number of thioether (sulfide) groups is 1. The molecular formula is C24H16FN3O3S3. The zero-order valence-electron chi connectivity index (χ0n) is 17.4. The Balaban J connectivity index is 1.48. The molecule has 1 aliphatic heterocycles. The molecule has 1 atom stereocenters. The van der Waals surface area contributed by atoms with E-state index < -0.39 is 23.5 Å². The molecule has 3 heterocycles. The van der Waals surface area contributed by atoms with Gasteiger partial charge in [-0.25, -0.2) is 4.39 Å². The number of aliphatic hydroxyl groups excluding tert-OH is 1. The Labute approximate surface area is 206 Å². The minimum absolute atomic E-state index is 0.00871. The van der Waals surface area contributed by atoms with E-state index in [-0.39, 0.29) is 16.5 Å². The SMILES string of the molecule is O=C(C1=C(O)C(=O)N(c2nnc(SCc3ccccc3F)s2)C1c1ccccc1)c1cccs1. The van der Waals surface area contributed by atoms with Crippen molar-refractivity contribution in [3.8, 4) is 0 Å². The number of Topliss-reactive ketones (excluding diaryl/α,β-unsaturated/α-hetero) is 1. The van der Waals surface area contributed by atoms with E-state index in [1.54, 1.807) is 60.0 Å². The highest BCUT2D eigenvalue weighted by atomic mass is 32.2. The fraction of sp³-hybridized carbons (Fsp3) is 0.0833. The standard InChI is InChI=1S/C24H16FN3O3S3/c25-16-10-5-4-9-15(16)13-33-24-27-26-23(34-24)28-19(14-7-2-1-3-8-14)18(21(30)22(28)31)20(29)17-11-6-12-32-17/h1-12,19,30H,13H2. The van der Waals surface area contributed by atoms with Gasteiger partial charge in [0.05, 0.1) is 16.5 Å². The van der Waals surface area contributed by atoms with Crippen LogP contribution in [0.4, 0.5) is 9.52 Å². The van der Waals surface area contributed by atoms with Crippen molar-refractivity contribution in [2.75, 3.05) is 4.90 Å². The molecule has 0 bridgehead atoms. The van der Waals surface area contributed by atoms with Crippen molar-refractivity contribution in [2.24, 2.45) is 0 Å². The molecule has 34 heavy (non-hydrogen) atoms. The predicted molar refractivity (Wildman–Crippen MR) is 131 cm³/mol. The molecule has 10 heteroatoms. The summed E-state index contributed by atoms with van der Waals surface area (Å²) in [5.41, 5.74) is 1.21. The summed E-state index contributed by atoms with van der Waals surface area (Å²) in [4.78, 5) is 28.1. The lowest BCUT2D eigenvalue weighted by atomic mass is 9.96. The molecule has 170 valence electrons. The van der Waals surface area contributed by atoms with Crippen LogP contribution in [0.2, 0.25) is 0 Å². The Morgan fingerprint density at radius 3 is 2.56 bits per heavy atom. The van der Waals surface area contributed by atoms with Crippen LogP contribution in [-0.4, -0.2) is 27.0 Å². The number of carbonyl (C=O) groups is 2. The first-order valence-electron chi connectivity index (χ1n) is 10.1. The molecule has 6 nitrogen and oxygen atoms in total. The quantitative estimate of drug-likeness (QED) is 0.192. The van der Waals surface area contributed by atoms with E-state index in [0.717, 1.165) is 11.3 Å². The second-order valence-electron chi connectivity index (χ2n) is 7.29. The number of amides is 1. The molecule has 0 saturated heterocycles. The van der Waals surface area contributed by atoms with Gasteiger partial charge in [0, 0.05) is 5.75 Å². The van der Waals surface area contributed by atoms with Crippen molar-refractivity contribution in [3.05, 3.63) is 105 Å². The third-order valence-corrected chi connectivity index (χ3v) is 8.20. The van der Waals surface area contributed by atoms with Gasteiger partial charge in [0.1, 0.15) is 5.82 Å². The zero-order valence-corrected chi connectivity index (χ0v) is 19.9. The molecule has 0 radical (unpaired) electrons. The van der Waals surface area contributed by atoms with Crippen molar-refractivity contribution in [1.82, 2.24) is 10.2 Å². The van der Waals surface area contributed by atoms with E-state index in [4.69, 9.17) is 0 Å². The van der Waals surface area contributed by atoms with E-state index in [1.807, 2.05) is 6.07 Å². The molecule has 1 unspecified atom stereocenters. The molecule has 5 rings (SSSR count). The number of carbonyl (C=O) groups excluding carboxylic acids is 2. The minimum atomic E-state index is -0.847. The maximum atomic E-state index is 13.9. The fourth-order valence-electron chi connectivity index (χ4n) is 3.64. The normalized spacial score (nSPS) is 15.9. The maximum absolute atomic E-state index is 13.9. The second-order valence-corrected chi connectivity index (χ2v) is 10.4. The van der Waals surface area contributed by atoms with Crippen molar-refractivity contribution in [3.63, 3.8) is 0 Å². The minimum Gasteiger partial charge on any atom is -0.503 e. The number of hydrogen-bond donors (Lipinski definition) is 1. The monoisotopic (exact) mass is 509 g/mol. The van der Waals surface area contributed by atoms with Gasteiger partial charge in [-0.05, 0) is 28.6 Å². The van der Waals surface area contributed by atoms with E-state index in [2.05, 4.69) is 10.2 Å².